The van der Waals surface area contributed by atoms with Gasteiger partial charge >= 0.3 is 0 Å². The molecule has 1 fully saturated rings. The summed E-state index contributed by atoms with van der Waals surface area (Å²) in [7, 11) is 0. The highest BCUT2D eigenvalue weighted by Crippen LogP contribution is 2.18. The van der Waals surface area contributed by atoms with Crippen molar-refractivity contribution in [2.24, 2.45) is 5.92 Å². The second-order valence-corrected chi connectivity index (χ2v) is 4.48. The fraction of sp³-hybridized carbons (Fsp3) is 0.538. The van der Waals surface area contributed by atoms with E-state index in [1.165, 1.54) is 0 Å². The van der Waals surface area contributed by atoms with Gasteiger partial charge in [0.1, 0.15) is 11.5 Å². The molecule has 0 aliphatic carbocycles. The van der Waals surface area contributed by atoms with Gasteiger partial charge in [-0.1, -0.05) is 6.92 Å². The van der Waals surface area contributed by atoms with Crippen LogP contribution in [0, 0.1) is 5.92 Å². The van der Waals surface area contributed by atoms with Crippen LogP contribution in [0.1, 0.15) is 36.1 Å². The fourth-order valence-electron chi connectivity index (χ4n) is 2.24. The Labute approximate surface area is 101 Å². The van der Waals surface area contributed by atoms with Crippen molar-refractivity contribution in [3.63, 3.8) is 0 Å². The number of carbonyl (C=O) groups is 2. The average Bonchev–Trinajstić information content (AvgIpc) is 2.79. The summed E-state index contributed by atoms with van der Waals surface area (Å²) in [6.45, 7) is 4.31. The molecule has 17 heavy (non-hydrogen) atoms. The van der Waals surface area contributed by atoms with Gasteiger partial charge in [-0.25, -0.2) is 0 Å². The number of furan rings is 1. The Bertz CT molecular complexity index is 411. The summed E-state index contributed by atoms with van der Waals surface area (Å²) in [5, 5.41) is 0. The highest BCUT2D eigenvalue weighted by molar-refractivity contribution is 5.82. The third kappa shape index (κ3) is 2.82. The molecule has 2 heterocycles. The molecule has 1 aromatic heterocycles. The van der Waals surface area contributed by atoms with Crippen LogP contribution in [0.2, 0.25) is 0 Å². The third-order valence-corrected chi connectivity index (χ3v) is 3.28. The fourth-order valence-corrected chi connectivity index (χ4v) is 2.24. The first-order valence-electron chi connectivity index (χ1n) is 6.02. The van der Waals surface area contributed by atoms with E-state index in [1.54, 1.807) is 6.07 Å². The van der Waals surface area contributed by atoms with E-state index in [9.17, 15) is 9.59 Å². The molecular formula is C13H17NO3. The molecule has 4 nitrogen and oxygen atoms in total. The highest BCUT2D eigenvalue weighted by Gasteiger charge is 2.25. The van der Waals surface area contributed by atoms with E-state index in [4.69, 9.17) is 4.42 Å². The van der Waals surface area contributed by atoms with Gasteiger partial charge in [-0.05, 0) is 18.6 Å². The number of hydrogen-bond donors (Lipinski definition) is 0. The largest absolute Gasteiger partial charge is 0.457 e. The van der Waals surface area contributed by atoms with Crippen LogP contribution in [0.3, 0.4) is 0 Å². The maximum atomic E-state index is 11.6. The van der Waals surface area contributed by atoms with Gasteiger partial charge in [0.05, 0.1) is 6.54 Å². The highest BCUT2D eigenvalue weighted by atomic mass is 16.3. The lowest BCUT2D eigenvalue weighted by atomic mass is 9.94. The Morgan fingerprint density at radius 3 is 3.00 bits per heavy atom. The molecule has 0 saturated carbocycles. The van der Waals surface area contributed by atoms with Crippen LogP contribution >= 0.6 is 0 Å². The van der Waals surface area contributed by atoms with Crippen molar-refractivity contribution in [2.45, 2.75) is 26.3 Å². The van der Waals surface area contributed by atoms with Crippen LogP contribution < -0.4 is 0 Å². The molecule has 1 unspecified atom stereocenters. The van der Waals surface area contributed by atoms with E-state index in [0.717, 1.165) is 25.3 Å². The molecule has 0 spiro atoms. The van der Waals surface area contributed by atoms with Crippen molar-refractivity contribution in [2.75, 3.05) is 13.1 Å². The van der Waals surface area contributed by atoms with Crippen molar-refractivity contribution < 1.29 is 14.0 Å². The Balaban J connectivity index is 1.95. The number of piperidine rings is 1. The molecule has 1 atom stereocenters. The lowest BCUT2D eigenvalue weighted by Gasteiger charge is -2.30. The van der Waals surface area contributed by atoms with Crippen LogP contribution in [-0.4, -0.2) is 30.1 Å². The summed E-state index contributed by atoms with van der Waals surface area (Å²) in [6.07, 6.45) is 2.23. The average molecular weight is 235 g/mol. The van der Waals surface area contributed by atoms with E-state index >= 15 is 0 Å². The number of hydrogen-bond acceptors (Lipinski definition) is 4. The summed E-state index contributed by atoms with van der Waals surface area (Å²) >= 11 is 0. The van der Waals surface area contributed by atoms with Gasteiger partial charge < -0.3 is 4.42 Å². The van der Waals surface area contributed by atoms with E-state index in [2.05, 4.69) is 4.90 Å². The van der Waals surface area contributed by atoms with Gasteiger partial charge in [-0.15, -0.1) is 0 Å². The van der Waals surface area contributed by atoms with E-state index in [1.807, 2.05) is 13.0 Å². The standard InChI is InChI=1S/C13H17NO3/c1-2-10-7-14(6-5-13(10)16)8-11-3-4-12(9-15)17-11/h3-4,9-10H,2,5-8H2,1H3. The Hall–Kier alpha value is -1.42. The number of rotatable bonds is 4. The second kappa shape index (κ2) is 5.27. The van der Waals surface area contributed by atoms with Gasteiger partial charge in [0.2, 0.25) is 0 Å². The minimum atomic E-state index is 0.157. The lowest BCUT2D eigenvalue weighted by molar-refractivity contribution is -0.126. The molecular weight excluding hydrogens is 218 g/mol. The van der Waals surface area contributed by atoms with Crippen LogP contribution in [-0.2, 0) is 11.3 Å². The number of nitrogens with zero attached hydrogens (tertiary/aromatic N) is 1. The molecule has 0 N–H and O–H groups in total. The zero-order valence-electron chi connectivity index (χ0n) is 10.0. The minimum Gasteiger partial charge on any atom is -0.457 e. The second-order valence-electron chi connectivity index (χ2n) is 4.48. The normalized spacial score (nSPS) is 21.7. The Kier molecular flexibility index (Phi) is 3.74. The lowest BCUT2D eigenvalue weighted by Crippen LogP contribution is -2.39. The molecule has 1 aliphatic heterocycles. The number of aldehydes is 1. The molecule has 2 rings (SSSR count). The first kappa shape index (κ1) is 12.0. The van der Waals surface area contributed by atoms with Crippen LogP contribution in [0.25, 0.3) is 0 Å². The quantitative estimate of drug-likeness (QED) is 0.748. The van der Waals surface area contributed by atoms with Gasteiger partial charge in [-0.3, -0.25) is 14.5 Å². The molecule has 1 aromatic rings. The molecule has 0 bridgehead atoms. The van der Waals surface area contributed by atoms with Crippen LogP contribution in [0.15, 0.2) is 16.5 Å². The van der Waals surface area contributed by atoms with Crippen LogP contribution in [0.5, 0.6) is 0 Å². The molecule has 92 valence electrons. The van der Waals surface area contributed by atoms with Crippen LogP contribution in [0.4, 0.5) is 0 Å². The maximum absolute atomic E-state index is 11.6. The van der Waals surface area contributed by atoms with Crippen molar-refractivity contribution in [3.05, 3.63) is 23.7 Å². The number of ketones is 1. The minimum absolute atomic E-state index is 0.157. The van der Waals surface area contributed by atoms with Gasteiger partial charge in [0.25, 0.3) is 0 Å². The van der Waals surface area contributed by atoms with E-state index in [-0.39, 0.29) is 5.92 Å². The molecule has 4 heteroatoms. The predicted molar refractivity (Wildman–Crippen MR) is 62.8 cm³/mol. The Morgan fingerprint density at radius 1 is 1.53 bits per heavy atom. The third-order valence-electron chi connectivity index (χ3n) is 3.28. The smallest absolute Gasteiger partial charge is 0.185 e. The molecule has 0 amide bonds. The van der Waals surface area contributed by atoms with Gasteiger partial charge in [0, 0.05) is 25.4 Å². The summed E-state index contributed by atoms with van der Waals surface area (Å²) in [6, 6.07) is 3.50. The van der Waals surface area contributed by atoms with Crippen molar-refractivity contribution >= 4 is 12.1 Å². The Morgan fingerprint density at radius 2 is 2.35 bits per heavy atom. The van der Waals surface area contributed by atoms with Crippen molar-refractivity contribution in [1.29, 1.82) is 0 Å². The summed E-state index contributed by atoms with van der Waals surface area (Å²) < 4.78 is 5.34. The number of Topliss-reactive ketones (excluding diaryl/α,β-unsaturated/α-hetero) is 1. The summed E-state index contributed by atoms with van der Waals surface area (Å²) in [5.41, 5.74) is 0. The van der Waals surface area contributed by atoms with E-state index in [0.29, 0.717) is 30.8 Å². The monoisotopic (exact) mass is 235 g/mol. The van der Waals surface area contributed by atoms with Crippen molar-refractivity contribution in [3.8, 4) is 0 Å². The first-order chi connectivity index (χ1) is 8.22. The SMILES string of the molecule is CCC1CN(Cc2ccc(C=O)o2)CCC1=O. The summed E-state index contributed by atoms with van der Waals surface area (Å²) in [5.74, 6) is 1.68. The number of likely N-dealkylation sites (tertiary alicyclic amines) is 1. The first-order valence-corrected chi connectivity index (χ1v) is 6.02. The summed E-state index contributed by atoms with van der Waals surface area (Å²) in [4.78, 5) is 24.3. The zero-order chi connectivity index (χ0) is 12.3. The van der Waals surface area contributed by atoms with Crippen molar-refractivity contribution in [1.82, 2.24) is 4.90 Å². The van der Waals surface area contributed by atoms with E-state index < -0.39 is 0 Å². The predicted octanol–water partition coefficient (Wildman–Crippen LogP) is 1.89. The molecule has 0 radical (unpaired) electrons. The molecule has 1 saturated heterocycles. The topological polar surface area (TPSA) is 50.5 Å². The molecule has 0 aromatic carbocycles. The maximum Gasteiger partial charge on any atom is 0.185 e. The number of carbonyl (C=O) groups excluding carboxylic acids is 2. The van der Waals surface area contributed by atoms with Gasteiger partial charge in [-0.2, -0.15) is 0 Å². The van der Waals surface area contributed by atoms with Gasteiger partial charge in [0.15, 0.2) is 12.0 Å². The zero-order valence-corrected chi connectivity index (χ0v) is 10.0. The molecule has 1 aliphatic rings.